The number of carbonyl (C=O) groups is 1. The summed E-state index contributed by atoms with van der Waals surface area (Å²) in [6.07, 6.45) is 1.92. The Hall–Kier alpha value is -1.68. The summed E-state index contributed by atoms with van der Waals surface area (Å²) in [7, 11) is 0. The van der Waals surface area contributed by atoms with Gasteiger partial charge in [-0.3, -0.25) is 4.79 Å². The van der Waals surface area contributed by atoms with E-state index in [1.165, 1.54) is 5.56 Å². The summed E-state index contributed by atoms with van der Waals surface area (Å²) in [5, 5.41) is 6.08. The summed E-state index contributed by atoms with van der Waals surface area (Å²) in [6, 6.07) is 8.74. The van der Waals surface area contributed by atoms with Gasteiger partial charge < -0.3 is 5.32 Å². The fraction of sp³-hybridized carbons (Fsp3) is 0.375. The smallest absolute Gasteiger partial charge is 0.217 e. The molecule has 0 saturated heterocycles. The maximum absolute atomic E-state index is 11.0. The maximum atomic E-state index is 11.0. The highest BCUT2D eigenvalue weighted by Gasteiger charge is 2.05. The van der Waals surface area contributed by atoms with Crippen LogP contribution < -0.4 is 5.32 Å². The second-order valence-electron chi connectivity index (χ2n) is 5.09. The van der Waals surface area contributed by atoms with Gasteiger partial charge in [0.25, 0.3) is 0 Å². The maximum Gasteiger partial charge on any atom is 0.217 e. The van der Waals surface area contributed by atoms with Crippen LogP contribution in [0.5, 0.6) is 0 Å². The van der Waals surface area contributed by atoms with E-state index in [1.807, 2.05) is 13.8 Å². The first kappa shape index (κ1) is 14.7. The number of hydrogen-bond acceptors (Lipinski definition) is 3. The number of hydrogen-bond donors (Lipinski definition) is 1. The molecule has 0 spiro atoms. The van der Waals surface area contributed by atoms with Crippen molar-refractivity contribution in [2.24, 2.45) is 0 Å². The Kier molecular flexibility index (Phi) is 4.90. The number of rotatable bonds is 5. The minimum Gasteiger partial charge on any atom is -0.354 e. The SMILES string of the molecule is CC(=O)NC(C)CCc1ccc(-c2csc(C)n2)cc1. The molecule has 0 saturated carbocycles. The van der Waals surface area contributed by atoms with Crippen LogP contribution in [0.25, 0.3) is 11.3 Å². The van der Waals surface area contributed by atoms with Crippen molar-refractivity contribution in [2.75, 3.05) is 0 Å². The third-order valence-corrected chi connectivity index (χ3v) is 3.96. The number of aryl methyl sites for hydroxylation is 2. The summed E-state index contributed by atoms with van der Waals surface area (Å²) in [4.78, 5) is 15.4. The van der Waals surface area contributed by atoms with Crippen LogP contribution in [0.4, 0.5) is 0 Å². The van der Waals surface area contributed by atoms with E-state index in [4.69, 9.17) is 0 Å². The number of aromatic nitrogens is 1. The zero-order chi connectivity index (χ0) is 14.5. The molecule has 2 rings (SSSR count). The number of benzene rings is 1. The van der Waals surface area contributed by atoms with Crippen molar-refractivity contribution in [2.45, 2.75) is 39.7 Å². The lowest BCUT2D eigenvalue weighted by Gasteiger charge is -2.12. The molecule has 106 valence electrons. The molecule has 1 heterocycles. The molecule has 0 radical (unpaired) electrons. The Bertz CT molecular complexity index is 574. The largest absolute Gasteiger partial charge is 0.354 e. The van der Waals surface area contributed by atoms with Crippen molar-refractivity contribution in [3.63, 3.8) is 0 Å². The lowest BCUT2D eigenvalue weighted by Crippen LogP contribution is -2.30. The van der Waals surface area contributed by atoms with E-state index < -0.39 is 0 Å². The summed E-state index contributed by atoms with van der Waals surface area (Å²) >= 11 is 1.67. The van der Waals surface area contributed by atoms with Crippen LogP contribution >= 0.6 is 11.3 Å². The molecule has 0 aliphatic heterocycles. The molecule has 1 amide bonds. The molecule has 1 atom stereocenters. The first-order valence-electron chi connectivity index (χ1n) is 6.83. The summed E-state index contributed by atoms with van der Waals surface area (Å²) in [5.74, 6) is 0.0340. The Morgan fingerprint density at radius 2 is 2.05 bits per heavy atom. The zero-order valence-electron chi connectivity index (χ0n) is 12.1. The predicted molar refractivity (Wildman–Crippen MR) is 83.9 cm³/mol. The quantitative estimate of drug-likeness (QED) is 0.913. The second-order valence-corrected chi connectivity index (χ2v) is 6.15. The number of amides is 1. The van der Waals surface area contributed by atoms with Crippen molar-refractivity contribution in [3.8, 4) is 11.3 Å². The fourth-order valence-electron chi connectivity index (χ4n) is 2.14. The van der Waals surface area contributed by atoms with Crippen molar-refractivity contribution in [1.29, 1.82) is 0 Å². The van der Waals surface area contributed by atoms with Gasteiger partial charge in [-0.15, -0.1) is 11.3 Å². The summed E-state index contributed by atoms with van der Waals surface area (Å²) in [6.45, 7) is 5.61. The van der Waals surface area contributed by atoms with Crippen LogP contribution in [0.3, 0.4) is 0 Å². The number of carbonyl (C=O) groups excluding carboxylic acids is 1. The van der Waals surface area contributed by atoms with E-state index in [-0.39, 0.29) is 11.9 Å². The normalized spacial score (nSPS) is 12.2. The Morgan fingerprint density at radius 3 is 2.60 bits per heavy atom. The van der Waals surface area contributed by atoms with Crippen LogP contribution in [0.1, 0.15) is 30.8 Å². The van der Waals surface area contributed by atoms with Crippen molar-refractivity contribution in [1.82, 2.24) is 10.3 Å². The van der Waals surface area contributed by atoms with E-state index in [0.29, 0.717) is 0 Å². The van der Waals surface area contributed by atoms with Gasteiger partial charge in [0.1, 0.15) is 0 Å². The van der Waals surface area contributed by atoms with E-state index in [2.05, 4.69) is 39.9 Å². The molecular formula is C16H20N2OS. The number of thiazole rings is 1. The first-order chi connectivity index (χ1) is 9.54. The van der Waals surface area contributed by atoms with Crippen molar-refractivity contribution < 1.29 is 4.79 Å². The fourth-order valence-corrected chi connectivity index (χ4v) is 2.76. The third-order valence-electron chi connectivity index (χ3n) is 3.18. The highest BCUT2D eigenvalue weighted by atomic mass is 32.1. The second kappa shape index (κ2) is 6.66. The minimum atomic E-state index is 0.0340. The number of nitrogens with one attached hydrogen (secondary N) is 1. The van der Waals surface area contributed by atoms with Gasteiger partial charge in [0.15, 0.2) is 0 Å². The van der Waals surface area contributed by atoms with Crippen LogP contribution in [0, 0.1) is 6.92 Å². The molecule has 0 aliphatic rings. The molecule has 1 aromatic heterocycles. The van der Waals surface area contributed by atoms with Crippen LogP contribution in [0.2, 0.25) is 0 Å². The highest BCUT2D eigenvalue weighted by Crippen LogP contribution is 2.22. The standard InChI is InChI=1S/C16H20N2OS/c1-11(17-12(2)19)4-5-14-6-8-15(9-7-14)16-10-20-13(3)18-16/h6-11H,4-5H2,1-3H3,(H,17,19). The molecule has 2 aromatic rings. The van der Waals surface area contributed by atoms with Crippen molar-refractivity contribution >= 4 is 17.2 Å². The van der Waals surface area contributed by atoms with Gasteiger partial charge in [-0.05, 0) is 32.3 Å². The predicted octanol–water partition coefficient (Wildman–Crippen LogP) is 3.58. The average Bonchev–Trinajstić information content (AvgIpc) is 2.83. The van der Waals surface area contributed by atoms with Crippen LogP contribution in [-0.4, -0.2) is 16.9 Å². The molecule has 3 nitrogen and oxygen atoms in total. The van der Waals surface area contributed by atoms with Crippen molar-refractivity contribution in [3.05, 3.63) is 40.2 Å². The molecule has 1 aromatic carbocycles. The molecule has 0 bridgehead atoms. The summed E-state index contributed by atoms with van der Waals surface area (Å²) < 4.78 is 0. The number of nitrogens with zero attached hydrogens (tertiary/aromatic N) is 1. The van der Waals surface area contributed by atoms with Gasteiger partial charge in [-0.2, -0.15) is 0 Å². The Labute approximate surface area is 124 Å². The van der Waals surface area contributed by atoms with Gasteiger partial charge in [0, 0.05) is 23.9 Å². The molecule has 20 heavy (non-hydrogen) atoms. The average molecular weight is 288 g/mol. The topological polar surface area (TPSA) is 42.0 Å². The molecule has 0 fully saturated rings. The lowest BCUT2D eigenvalue weighted by atomic mass is 10.0. The third kappa shape index (κ3) is 4.17. The first-order valence-corrected chi connectivity index (χ1v) is 7.71. The molecule has 1 N–H and O–H groups in total. The van der Waals surface area contributed by atoms with Gasteiger partial charge >= 0.3 is 0 Å². The van der Waals surface area contributed by atoms with Gasteiger partial charge in [0.05, 0.1) is 10.7 Å². The minimum absolute atomic E-state index is 0.0340. The van der Waals surface area contributed by atoms with Crippen LogP contribution in [0.15, 0.2) is 29.6 Å². The van der Waals surface area contributed by atoms with E-state index in [0.717, 1.165) is 29.1 Å². The van der Waals surface area contributed by atoms with E-state index in [9.17, 15) is 4.79 Å². The summed E-state index contributed by atoms with van der Waals surface area (Å²) in [5.41, 5.74) is 3.50. The van der Waals surface area contributed by atoms with Gasteiger partial charge in [0.2, 0.25) is 5.91 Å². The molecule has 0 aliphatic carbocycles. The van der Waals surface area contributed by atoms with E-state index >= 15 is 0 Å². The Balaban J connectivity index is 1.93. The van der Waals surface area contributed by atoms with Gasteiger partial charge in [-0.1, -0.05) is 24.3 Å². The Morgan fingerprint density at radius 1 is 1.35 bits per heavy atom. The highest BCUT2D eigenvalue weighted by molar-refractivity contribution is 7.09. The zero-order valence-corrected chi connectivity index (χ0v) is 13.0. The molecule has 4 heteroatoms. The lowest BCUT2D eigenvalue weighted by molar-refractivity contribution is -0.119. The van der Waals surface area contributed by atoms with Crippen LogP contribution in [-0.2, 0) is 11.2 Å². The molecular weight excluding hydrogens is 268 g/mol. The molecule has 1 unspecified atom stereocenters. The monoisotopic (exact) mass is 288 g/mol. The van der Waals surface area contributed by atoms with Gasteiger partial charge in [-0.25, -0.2) is 4.98 Å². The van der Waals surface area contributed by atoms with E-state index in [1.54, 1.807) is 18.3 Å².